The van der Waals surface area contributed by atoms with Gasteiger partial charge >= 0.3 is 0 Å². The second-order valence-electron chi connectivity index (χ2n) is 9.80. The number of methoxy groups -OCH3 is 1. The number of carbonyl (C=O) groups excluding carboxylic acids is 2. The van der Waals surface area contributed by atoms with Crippen LogP contribution in [0, 0.1) is 6.92 Å². The van der Waals surface area contributed by atoms with Gasteiger partial charge in [0.15, 0.2) is 6.17 Å². The number of H-pyrrole nitrogens is 1. The number of aromatic amines is 1. The number of aliphatic hydroxyl groups excluding tert-OH is 1. The number of pyridine rings is 1. The molecular formula is C27H29N9O4S. The van der Waals surface area contributed by atoms with Crippen LogP contribution in [-0.2, 0) is 9.53 Å². The van der Waals surface area contributed by atoms with Gasteiger partial charge in [0.25, 0.3) is 11.7 Å². The third-order valence-electron chi connectivity index (χ3n) is 7.32. The molecule has 4 aromatic heterocycles. The number of nitrogens with one attached hydrogen (secondary N) is 1. The molecule has 0 radical (unpaired) electrons. The fourth-order valence-corrected chi connectivity index (χ4v) is 5.97. The number of Topliss-reactive ketones (excluding diaryl/α,β-unsaturated/α-hetero) is 1. The maximum atomic E-state index is 13.6. The molecule has 4 aromatic rings. The smallest absolute Gasteiger partial charge is 0.295 e. The summed E-state index contributed by atoms with van der Waals surface area (Å²) in [5.74, 6) is 0.530. The molecule has 212 valence electrons. The number of hydrogen-bond donors (Lipinski definition) is 2. The van der Waals surface area contributed by atoms with Crippen molar-refractivity contribution in [2.45, 2.75) is 19.2 Å². The van der Waals surface area contributed by atoms with Gasteiger partial charge in [0.2, 0.25) is 0 Å². The van der Waals surface area contributed by atoms with Crippen molar-refractivity contribution in [3.63, 3.8) is 0 Å². The van der Waals surface area contributed by atoms with Gasteiger partial charge in [0.05, 0.1) is 23.9 Å². The molecule has 2 unspecified atom stereocenters. The average molecular weight is 576 g/mol. The van der Waals surface area contributed by atoms with E-state index in [-0.39, 0.29) is 5.56 Å². The first kappa shape index (κ1) is 26.7. The summed E-state index contributed by atoms with van der Waals surface area (Å²) < 4.78 is 7.31. The largest absolute Gasteiger partial charge is 0.495 e. The van der Waals surface area contributed by atoms with Gasteiger partial charge in [-0.15, -0.1) is 11.3 Å². The predicted molar refractivity (Wildman–Crippen MR) is 150 cm³/mol. The minimum Gasteiger partial charge on any atom is -0.495 e. The van der Waals surface area contributed by atoms with Crippen molar-refractivity contribution in [2.75, 3.05) is 45.2 Å². The van der Waals surface area contributed by atoms with Crippen molar-refractivity contribution in [3.05, 3.63) is 81.8 Å². The second-order valence-corrected chi connectivity index (χ2v) is 10.7. The Kier molecular flexibility index (Phi) is 7.01. The first-order valence-corrected chi connectivity index (χ1v) is 13.9. The number of aromatic nitrogens is 6. The fraction of sp³-hybridized carbons (Fsp3) is 0.333. The molecule has 0 spiro atoms. The SMILES string of the molecule is COC1=CN(C)C(n2cnc(C)n2)c2[nH]cc(C(=O)C(=O)N3CCN(c4ncccc4C(O)c4nccs4)CC3)c21. The van der Waals surface area contributed by atoms with Crippen molar-refractivity contribution in [1.82, 2.24) is 39.5 Å². The molecule has 41 heavy (non-hydrogen) atoms. The number of hydrogen-bond acceptors (Lipinski definition) is 11. The third kappa shape index (κ3) is 4.74. The van der Waals surface area contributed by atoms with E-state index in [4.69, 9.17) is 4.74 Å². The number of ketones is 1. The quantitative estimate of drug-likeness (QED) is 0.247. The lowest BCUT2D eigenvalue weighted by atomic mass is 10.0. The number of fused-ring (bicyclic) bond motifs is 1. The van der Waals surface area contributed by atoms with Gasteiger partial charge < -0.3 is 29.5 Å². The van der Waals surface area contributed by atoms with Crippen LogP contribution in [-0.4, -0.2) is 96.6 Å². The van der Waals surface area contributed by atoms with E-state index >= 15 is 0 Å². The minimum absolute atomic E-state index is 0.244. The van der Waals surface area contributed by atoms with Crippen LogP contribution in [0.2, 0.25) is 0 Å². The topological polar surface area (TPSA) is 146 Å². The standard InChI is InChI=1S/C27H29N9O4S/c1-16-31-15-36(32-16)26-21-20(19(40-3)14-33(26)2)18(13-30-21)23(38)27(39)35-10-8-34(9-11-35)24-17(5-4-6-28-24)22(37)25-29-7-12-41-25/h4-7,12-15,22,26,30,37H,8-11H2,1-3H3. The summed E-state index contributed by atoms with van der Waals surface area (Å²) in [7, 11) is 3.41. The number of amides is 1. The van der Waals surface area contributed by atoms with Gasteiger partial charge in [0.1, 0.15) is 34.8 Å². The molecule has 14 heteroatoms. The molecule has 1 fully saturated rings. The molecule has 0 aliphatic carbocycles. The highest BCUT2D eigenvalue weighted by Crippen LogP contribution is 2.37. The summed E-state index contributed by atoms with van der Waals surface area (Å²) >= 11 is 1.37. The Balaban J connectivity index is 1.20. The van der Waals surface area contributed by atoms with Crippen LogP contribution in [0.1, 0.15) is 50.3 Å². The molecule has 6 rings (SSSR count). The number of anilines is 1. The number of piperazine rings is 1. The Hall–Kier alpha value is -4.56. The Bertz CT molecular complexity index is 1600. The molecule has 0 aromatic carbocycles. The van der Waals surface area contributed by atoms with Crippen LogP contribution >= 0.6 is 11.3 Å². The zero-order chi connectivity index (χ0) is 28.7. The summed E-state index contributed by atoms with van der Waals surface area (Å²) in [6.07, 6.45) is 7.01. The summed E-state index contributed by atoms with van der Waals surface area (Å²) in [6, 6.07) is 3.61. The van der Waals surface area contributed by atoms with Crippen LogP contribution in [0.15, 0.2) is 48.6 Å². The molecule has 2 aliphatic rings. The summed E-state index contributed by atoms with van der Waals surface area (Å²) in [5.41, 5.74) is 2.11. The maximum Gasteiger partial charge on any atom is 0.295 e. The van der Waals surface area contributed by atoms with Crippen molar-refractivity contribution in [1.29, 1.82) is 0 Å². The van der Waals surface area contributed by atoms with Gasteiger partial charge in [-0.1, -0.05) is 6.07 Å². The molecule has 1 amide bonds. The molecule has 2 N–H and O–H groups in total. The minimum atomic E-state index is -0.896. The maximum absolute atomic E-state index is 13.6. The van der Waals surface area contributed by atoms with Gasteiger partial charge in [-0.3, -0.25) is 9.59 Å². The Morgan fingerprint density at radius 1 is 1.17 bits per heavy atom. The molecule has 6 heterocycles. The van der Waals surface area contributed by atoms with E-state index in [9.17, 15) is 14.7 Å². The molecular weight excluding hydrogens is 546 g/mol. The molecule has 0 saturated carbocycles. The van der Waals surface area contributed by atoms with Crippen molar-refractivity contribution in [2.24, 2.45) is 0 Å². The third-order valence-corrected chi connectivity index (χ3v) is 8.15. The predicted octanol–water partition coefficient (Wildman–Crippen LogP) is 1.82. The van der Waals surface area contributed by atoms with Crippen molar-refractivity contribution < 1.29 is 19.4 Å². The number of nitrogens with zero attached hydrogens (tertiary/aromatic N) is 8. The highest BCUT2D eigenvalue weighted by atomic mass is 32.1. The lowest BCUT2D eigenvalue weighted by Crippen LogP contribution is -2.51. The van der Waals surface area contributed by atoms with Crippen LogP contribution in [0.5, 0.6) is 0 Å². The Morgan fingerprint density at radius 2 is 1.98 bits per heavy atom. The normalized spacial score (nSPS) is 17.7. The van der Waals surface area contributed by atoms with E-state index in [1.54, 1.807) is 53.7 Å². The number of ether oxygens (including phenoxy) is 1. The molecule has 1 saturated heterocycles. The first-order chi connectivity index (χ1) is 19.9. The van der Waals surface area contributed by atoms with E-state index in [1.807, 2.05) is 28.3 Å². The van der Waals surface area contributed by atoms with E-state index in [0.717, 1.165) is 0 Å². The number of aliphatic hydroxyl groups is 1. The van der Waals surface area contributed by atoms with Crippen LogP contribution in [0.3, 0.4) is 0 Å². The highest BCUT2D eigenvalue weighted by molar-refractivity contribution is 7.09. The van der Waals surface area contributed by atoms with E-state index in [1.165, 1.54) is 18.4 Å². The van der Waals surface area contributed by atoms with Gasteiger partial charge in [-0.25, -0.2) is 19.6 Å². The average Bonchev–Trinajstić information content (AvgIpc) is 3.77. The Morgan fingerprint density at radius 3 is 2.66 bits per heavy atom. The highest BCUT2D eigenvalue weighted by Gasteiger charge is 2.37. The molecule has 2 atom stereocenters. The van der Waals surface area contributed by atoms with Gasteiger partial charge in [0, 0.05) is 69.0 Å². The van der Waals surface area contributed by atoms with E-state index in [2.05, 4.69) is 25.0 Å². The van der Waals surface area contributed by atoms with E-state index in [0.29, 0.717) is 65.4 Å². The number of thiazole rings is 1. The summed E-state index contributed by atoms with van der Waals surface area (Å²) in [6.45, 7) is 3.38. The van der Waals surface area contributed by atoms with Crippen LogP contribution in [0.25, 0.3) is 5.76 Å². The van der Waals surface area contributed by atoms with Crippen molar-refractivity contribution >= 4 is 34.6 Å². The van der Waals surface area contributed by atoms with Gasteiger partial charge in [-0.05, 0) is 13.0 Å². The molecule has 0 bridgehead atoms. The molecule has 13 nitrogen and oxygen atoms in total. The number of aryl methyl sites for hydroxylation is 1. The monoisotopic (exact) mass is 575 g/mol. The van der Waals surface area contributed by atoms with Crippen LogP contribution in [0.4, 0.5) is 5.82 Å². The number of rotatable bonds is 7. The van der Waals surface area contributed by atoms with Gasteiger partial charge in [-0.2, -0.15) is 5.10 Å². The summed E-state index contributed by atoms with van der Waals surface area (Å²) in [4.78, 5) is 48.7. The zero-order valence-corrected chi connectivity index (χ0v) is 23.6. The summed E-state index contributed by atoms with van der Waals surface area (Å²) in [5, 5.41) is 17.8. The van der Waals surface area contributed by atoms with Crippen LogP contribution < -0.4 is 4.90 Å². The molecule has 2 aliphatic heterocycles. The fourth-order valence-electron chi connectivity index (χ4n) is 5.33. The van der Waals surface area contributed by atoms with E-state index < -0.39 is 24.0 Å². The second kappa shape index (κ2) is 10.8. The lowest BCUT2D eigenvalue weighted by Gasteiger charge is -2.36. The Labute approximate surface area is 239 Å². The first-order valence-electron chi connectivity index (χ1n) is 13.1. The lowest BCUT2D eigenvalue weighted by molar-refractivity contribution is -0.126. The number of carbonyl (C=O) groups is 2. The van der Waals surface area contributed by atoms with Crippen molar-refractivity contribution in [3.8, 4) is 0 Å². The zero-order valence-electron chi connectivity index (χ0n) is 22.8.